The van der Waals surface area contributed by atoms with E-state index in [1.54, 1.807) is 12.3 Å². The van der Waals surface area contributed by atoms with E-state index in [1.165, 1.54) is 22.9 Å². The highest BCUT2D eigenvalue weighted by molar-refractivity contribution is 5.84. The van der Waals surface area contributed by atoms with Crippen LogP contribution in [0.2, 0.25) is 0 Å². The minimum Gasteiger partial charge on any atom is -0.475 e. The maximum Gasteiger partial charge on any atom is 0.371 e. The summed E-state index contributed by atoms with van der Waals surface area (Å²) in [5.74, 6) is -0.885. The lowest BCUT2D eigenvalue weighted by molar-refractivity contribution is 0.0660. The van der Waals surface area contributed by atoms with Gasteiger partial charge >= 0.3 is 11.7 Å². The van der Waals surface area contributed by atoms with Gasteiger partial charge in [0.05, 0.1) is 6.54 Å². The maximum atomic E-state index is 11.3. The molecule has 0 bridgehead atoms. The van der Waals surface area contributed by atoms with E-state index in [0.29, 0.717) is 5.76 Å². The van der Waals surface area contributed by atoms with Crippen LogP contribution in [0.4, 0.5) is 0 Å². The number of rotatable bonds is 3. The summed E-state index contributed by atoms with van der Waals surface area (Å²) in [4.78, 5) is 25.4. The molecule has 2 rings (SSSR count). The van der Waals surface area contributed by atoms with Crippen LogP contribution < -0.4 is 5.69 Å². The fourth-order valence-corrected chi connectivity index (χ4v) is 1.25. The highest BCUT2D eigenvalue weighted by Crippen LogP contribution is 2.08. The molecule has 0 aliphatic carbocycles. The Kier molecular flexibility index (Phi) is 2.55. The molecule has 0 unspecified atom stereocenters. The zero-order valence-electron chi connectivity index (χ0n) is 8.16. The molecule has 1 N–H and O–H groups in total. The number of carboxylic acid groups (broad SMARTS) is 1. The monoisotopic (exact) mass is 220 g/mol. The molecule has 0 spiro atoms. The van der Waals surface area contributed by atoms with Crippen LogP contribution in [-0.2, 0) is 6.54 Å². The summed E-state index contributed by atoms with van der Waals surface area (Å²) in [5.41, 5.74) is -0.407. The Morgan fingerprint density at radius 3 is 2.94 bits per heavy atom. The quantitative estimate of drug-likeness (QED) is 0.817. The second-order valence-corrected chi connectivity index (χ2v) is 3.10. The Morgan fingerprint density at radius 1 is 1.50 bits per heavy atom. The van der Waals surface area contributed by atoms with Gasteiger partial charge in [0.1, 0.15) is 5.76 Å². The third kappa shape index (κ3) is 2.00. The van der Waals surface area contributed by atoms with Gasteiger partial charge in [0.25, 0.3) is 0 Å². The molecule has 0 aromatic carbocycles. The van der Waals surface area contributed by atoms with Gasteiger partial charge in [-0.2, -0.15) is 0 Å². The average Bonchev–Trinajstić information content (AvgIpc) is 2.70. The van der Waals surface area contributed by atoms with Crippen molar-refractivity contribution in [2.45, 2.75) is 6.54 Å². The van der Waals surface area contributed by atoms with Crippen molar-refractivity contribution >= 4 is 5.97 Å². The molecule has 6 nitrogen and oxygen atoms in total. The summed E-state index contributed by atoms with van der Waals surface area (Å²) in [7, 11) is 0. The van der Waals surface area contributed by atoms with Crippen molar-refractivity contribution in [1.29, 1.82) is 0 Å². The average molecular weight is 220 g/mol. The Morgan fingerprint density at radius 2 is 2.31 bits per heavy atom. The molecule has 2 aromatic rings. The predicted molar refractivity (Wildman–Crippen MR) is 53.3 cm³/mol. The van der Waals surface area contributed by atoms with Gasteiger partial charge < -0.3 is 9.52 Å². The van der Waals surface area contributed by atoms with Crippen molar-refractivity contribution in [3.63, 3.8) is 0 Å². The third-order valence-electron chi connectivity index (χ3n) is 1.98. The number of furan rings is 1. The fourth-order valence-electron chi connectivity index (χ4n) is 1.25. The van der Waals surface area contributed by atoms with E-state index in [2.05, 4.69) is 4.98 Å². The van der Waals surface area contributed by atoms with Crippen molar-refractivity contribution in [1.82, 2.24) is 9.55 Å². The van der Waals surface area contributed by atoms with Gasteiger partial charge in [0, 0.05) is 12.4 Å². The SMILES string of the molecule is O=C(O)c1ccc(Cn2cccnc2=O)o1. The van der Waals surface area contributed by atoms with E-state index in [4.69, 9.17) is 9.52 Å². The zero-order chi connectivity index (χ0) is 11.5. The van der Waals surface area contributed by atoms with Gasteiger partial charge in [-0.25, -0.2) is 14.6 Å². The van der Waals surface area contributed by atoms with E-state index in [-0.39, 0.29) is 12.3 Å². The predicted octanol–water partition coefficient (Wildman–Crippen LogP) is 0.583. The Balaban J connectivity index is 2.24. The lowest BCUT2D eigenvalue weighted by Gasteiger charge is -2.00. The maximum absolute atomic E-state index is 11.3. The topological polar surface area (TPSA) is 85.3 Å². The number of hydrogen-bond donors (Lipinski definition) is 1. The molecule has 0 atom stereocenters. The summed E-state index contributed by atoms with van der Waals surface area (Å²) in [6, 6.07) is 4.48. The lowest BCUT2D eigenvalue weighted by Crippen LogP contribution is -2.21. The van der Waals surface area contributed by atoms with Crippen LogP contribution in [0, 0.1) is 0 Å². The molecule has 0 aliphatic rings. The largest absolute Gasteiger partial charge is 0.475 e. The van der Waals surface area contributed by atoms with E-state index >= 15 is 0 Å². The van der Waals surface area contributed by atoms with Crippen LogP contribution in [-0.4, -0.2) is 20.6 Å². The number of carbonyl (C=O) groups is 1. The normalized spacial score (nSPS) is 10.2. The molecule has 82 valence electrons. The van der Waals surface area contributed by atoms with Crippen LogP contribution in [0.1, 0.15) is 16.3 Å². The second-order valence-electron chi connectivity index (χ2n) is 3.10. The van der Waals surface area contributed by atoms with Crippen molar-refractivity contribution in [2.24, 2.45) is 0 Å². The number of nitrogens with zero attached hydrogens (tertiary/aromatic N) is 2. The second kappa shape index (κ2) is 4.01. The Hall–Kier alpha value is -2.37. The molecule has 0 fully saturated rings. The summed E-state index contributed by atoms with van der Waals surface area (Å²) >= 11 is 0. The summed E-state index contributed by atoms with van der Waals surface area (Å²) in [6.07, 6.45) is 2.95. The van der Waals surface area contributed by atoms with Crippen LogP contribution in [0.5, 0.6) is 0 Å². The van der Waals surface area contributed by atoms with Gasteiger partial charge in [0.2, 0.25) is 5.76 Å². The number of hydrogen-bond acceptors (Lipinski definition) is 4. The number of carboxylic acids is 1. The highest BCUT2D eigenvalue weighted by atomic mass is 16.4. The van der Waals surface area contributed by atoms with E-state index in [1.807, 2.05) is 0 Å². The molecule has 16 heavy (non-hydrogen) atoms. The van der Waals surface area contributed by atoms with Crippen LogP contribution in [0.15, 0.2) is 39.8 Å². The van der Waals surface area contributed by atoms with Crippen LogP contribution in [0.25, 0.3) is 0 Å². The smallest absolute Gasteiger partial charge is 0.371 e. The van der Waals surface area contributed by atoms with Crippen molar-refractivity contribution in [3.05, 3.63) is 52.6 Å². The molecular weight excluding hydrogens is 212 g/mol. The molecular formula is C10H8N2O4. The Bertz CT molecular complexity index is 570. The zero-order valence-corrected chi connectivity index (χ0v) is 8.16. The molecule has 0 radical (unpaired) electrons. The molecule has 0 saturated heterocycles. The molecule has 2 aromatic heterocycles. The third-order valence-corrected chi connectivity index (χ3v) is 1.98. The molecule has 2 heterocycles. The summed E-state index contributed by atoms with van der Waals surface area (Å²) < 4.78 is 6.34. The summed E-state index contributed by atoms with van der Waals surface area (Å²) in [5, 5.41) is 8.64. The lowest BCUT2D eigenvalue weighted by atomic mass is 10.4. The van der Waals surface area contributed by atoms with Gasteiger partial charge in [-0.15, -0.1) is 0 Å². The van der Waals surface area contributed by atoms with E-state index < -0.39 is 11.7 Å². The molecule has 6 heteroatoms. The first kappa shape index (κ1) is 10.2. The first-order valence-corrected chi connectivity index (χ1v) is 4.50. The molecule has 0 aliphatic heterocycles. The van der Waals surface area contributed by atoms with Crippen molar-refractivity contribution in [3.8, 4) is 0 Å². The first-order chi connectivity index (χ1) is 7.66. The van der Waals surface area contributed by atoms with Crippen LogP contribution in [0.3, 0.4) is 0 Å². The number of aromatic nitrogens is 2. The van der Waals surface area contributed by atoms with Crippen LogP contribution >= 0.6 is 0 Å². The molecule has 0 saturated carbocycles. The summed E-state index contributed by atoms with van der Waals surface area (Å²) in [6.45, 7) is 0.167. The van der Waals surface area contributed by atoms with Gasteiger partial charge in [-0.1, -0.05) is 0 Å². The minimum atomic E-state index is -1.13. The van der Waals surface area contributed by atoms with Gasteiger partial charge in [-0.05, 0) is 18.2 Å². The van der Waals surface area contributed by atoms with Gasteiger partial charge in [0.15, 0.2) is 0 Å². The van der Waals surface area contributed by atoms with E-state index in [9.17, 15) is 9.59 Å². The fraction of sp³-hybridized carbons (Fsp3) is 0.100. The van der Waals surface area contributed by atoms with E-state index in [0.717, 1.165) is 0 Å². The first-order valence-electron chi connectivity index (χ1n) is 4.50. The van der Waals surface area contributed by atoms with Crippen molar-refractivity contribution < 1.29 is 14.3 Å². The Labute approximate surface area is 89.8 Å². The number of aromatic carboxylic acids is 1. The van der Waals surface area contributed by atoms with Crippen molar-refractivity contribution in [2.75, 3.05) is 0 Å². The minimum absolute atomic E-state index is 0.146. The van der Waals surface area contributed by atoms with Gasteiger partial charge in [-0.3, -0.25) is 4.57 Å². The molecule has 0 amide bonds. The highest BCUT2D eigenvalue weighted by Gasteiger charge is 2.09. The standard InChI is InChI=1S/C10H8N2O4/c13-9(14)8-3-2-7(16-8)6-12-5-1-4-11-10(12)15/h1-5H,6H2,(H,13,14).